The van der Waals surface area contributed by atoms with Gasteiger partial charge in [-0.3, -0.25) is 9.36 Å². The smallest absolute Gasteiger partial charge is 0.196 e. The summed E-state index contributed by atoms with van der Waals surface area (Å²) in [5.74, 6) is 0.854. The van der Waals surface area contributed by atoms with Gasteiger partial charge in [0.25, 0.3) is 0 Å². The van der Waals surface area contributed by atoms with Crippen LogP contribution in [-0.2, 0) is 17.8 Å². The highest BCUT2D eigenvalue weighted by molar-refractivity contribution is 7.91. The van der Waals surface area contributed by atoms with Crippen LogP contribution in [0.1, 0.15) is 28.7 Å². The molecule has 0 fully saturated rings. The molecule has 4 rings (SSSR count). The molecule has 6 nitrogen and oxygen atoms in total. The Labute approximate surface area is 193 Å². The molecule has 0 saturated heterocycles. The van der Waals surface area contributed by atoms with Gasteiger partial charge in [-0.2, -0.15) is 0 Å². The van der Waals surface area contributed by atoms with Crippen molar-refractivity contribution < 1.29 is 14.5 Å². The zero-order valence-corrected chi connectivity index (χ0v) is 18.8. The Hall–Kier alpha value is -2.97. The van der Waals surface area contributed by atoms with E-state index < -0.39 is 11.2 Å². The number of carbonyl (C=O) groups excluding carboxylic acids is 1. The molecule has 0 aliphatic heterocycles. The van der Waals surface area contributed by atoms with Crippen LogP contribution in [0.25, 0.3) is 17.1 Å². The number of halogens is 1. The summed E-state index contributed by atoms with van der Waals surface area (Å²) in [5.41, 5.74) is 1.88. The molecule has 1 unspecified atom stereocenters. The molecular formula is C24H20ClN3O3S. The summed E-state index contributed by atoms with van der Waals surface area (Å²) in [6.07, 6.45) is 0. The molecular weight excluding hydrogens is 446 g/mol. The maximum Gasteiger partial charge on any atom is 0.196 e. The minimum Gasteiger partial charge on any atom is -0.611 e. The lowest BCUT2D eigenvalue weighted by atomic mass is 10.0. The minimum absolute atomic E-state index is 0.261. The van der Waals surface area contributed by atoms with Gasteiger partial charge in [-0.15, -0.1) is 10.2 Å². The third-order valence-electron chi connectivity index (χ3n) is 5.00. The number of carbonyl (C=O) groups is 1. The lowest BCUT2D eigenvalue weighted by Crippen LogP contribution is -2.13. The third-order valence-corrected chi connectivity index (χ3v) is 6.64. The van der Waals surface area contributed by atoms with Crippen LogP contribution in [0.2, 0.25) is 5.02 Å². The summed E-state index contributed by atoms with van der Waals surface area (Å²) in [6.45, 7) is 1.44. The summed E-state index contributed by atoms with van der Waals surface area (Å²) < 4.78 is 14.2. The SMILES string of the molecule is CC[S+]([O-])c1ccc(C(=O)c2ccccc2Cl)c(-n2c(CO)nnc2-c2ccccc2)c1. The van der Waals surface area contributed by atoms with Crippen LogP contribution in [0, 0.1) is 0 Å². The Bertz CT molecular complexity index is 1260. The summed E-state index contributed by atoms with van der Waals surface area (Å²) in [7, 11) is 0. The van der Waals surface area contributed by atoms with Crippen molar-refractivity contribution in [1.82, 2.24) is 14.8 Å². The minimum atomic E-state index is -1.25. The Morgan fingerprint density at radius 2 is 1.75 bits per heavy atom. The average molecular weight is 466 g/mol. The molecule has 0 spiro atoms. The summed E-state index contributed by atoms with van der Waals surface area (Å²) in [5, 5.41) is 18.7. The van der Waals surface area contributed by atoms with Gasteiger partial charge in [-0.1, -0.05) is 54.1 Å². The molecule has 0 amide bonds. The fourth-order valence-electron chi connectivity index (χ4n) is 3.43. The molecule has 1 atom stereocenters. The van der Waals surface area contributed by atoms with Gasteiger partial charge < -0.3 is 9.66 Å². The fourth-order valence-corrected chi connectivity index (χ4v) is 4.45. The van der Waals surface area contributed by atoms with Gasteiger partial charge in [0.2, 0.25) is 0 Å². The van der Waals surface area contributed by atoms with E-state index in [2.05, 4.69) is 10.2 Å². The van der Waals surface area contributed by atoms with E-state index in [0.29, 0.717) is 38.3 Å². The van der Waals surface area contributed by atoms with E-state index in [-0.39, 0.29) is 18.2 Å². The summed E-state index contributed by atoms with van der Waals surface area (Å²) in [6, 6.07) is 21.2. The second-order valence-electron chi connectivity index (χ2n) is 6.92. The second kappa shape index (κ2) is 9.67. The number of hydrogen-bond donors (Lipinski definition) is 1. The molecule has 0 bridgehead atoms. The van der Waals surface area contributed by atoms with Crippen molar-refractivity contribution in [3.63, 3.8) is 0 Å². The Kier molecular flexibility index (Phi) is 6.72. The predicted molar refractivity (Wildman–Crippen MR) is 125 cm³/mol. The van der Waals surface area contributed by atoms with Gasteiger partial charge in [0.15, 0.2) is 22.3 Å². The predicted octanol–water partition coefficient (Wildman–Crippen LogP) is 4.44. The number of aliphatic hydroxyl groups is 1. The van der Waals surface area contributed by atoms with Crippen LogP contribution in [-0.4, -0.2) is 36.0 Å². The maximum atomic E-state index is 13.5. The van der Waals surface area contributed by atoms with Crippen molar-refractivity contribution in [1.29, 1.82) is 0 Å². The number of aliphatic hydroxyl groups excluding tert-OH is 1. The van der Waals surface area contributed by atoms with E-state index in [4.69, 9.17) is 11.6 Å². The van der Waals surface area contributed by atoms with E-state index >= 15 is 0 Å². The van der Waals surface area contributed by atoms with E-state index in [1.807, 2.05) is 37.3 Å². The Morgan fingerprint density at radius 3 is 2.44 bits per heavy atom. The van der Waals surface area contributed by atoms with Crippen LogP contribution in [0.15, 0.2) is 77.7 Å². The molecule has 1 aromatic heterocycles. The number of rotatable bonds is 7. The topological polar surface area (TPSA) is 91.1 Å². The van der Waals surface area contributed by atoms with Crippen LogP contribution in [0.3, 0.4) is 0 Å². The van der Waals surface area contributed by atoms with Crippen molar-refractivity contribution in [2.45, 2.75) is 18.4 Å². The van der Waals surface area contributed by atoms with Crippen molar-refractivity contribution in [2.75, 3.05) is 5.75 Å². The maximum absolute atomic E-state index is 13.5. The van der Waals surface area contributed by atoms with Crippen molar-refractivity contribution in [3.8, 4) is 17.1 Å². The zero-order chi connectivity index (χ0) is 22.7. The highest BCUT2D eigenvalue weighted by Crippen LogP contribution is 2.30. The standard InChI is InChI=1S/C24H20ClN3O3S/c1-2-32(31)17-12-13-19(23(30)18-10-6-7-11-20(18)25)21(14-17)28-22(15-29)26-27-24(28)16-8-4-3-5-9-16/h3-14,29H,2,15H2,1H3. The van der Waals surface area contributed by atoms with E-state index in [0.717, 1.165) is 5.56 Å². The van der Waals surface area contributed by atoms with Crippen LogP contribution < -0.4 is 0 Å². The zero-order valence-electron chi connectivity index (χ0n) is 17.2. The molecule has 0 radical (unpaired) electrons. The van der Waals surface area contributed by atoms with E-state index in [1.54, 1.807) is 47.0 Å². The first-order valence-electron chi connectivity index (χ1n) is 9.97. The lowest BCUT2D eigenvalue weighted by molar-refractivity contribution is 0.103. The van der Waals surface area contributed by atoms with E-state index in [9.17, 15) is 14.5 Å². The number of nitrogens with zero attached hydrogens (tertiary/aromatic N) is 3. The van der Waals surface area contributed by atoms with Gasteiger partial charge in [0, 0.05) is 22.8 Å². The van der Waals surface area contributed by atoms with E-state index in [1.165, 1.54) is 0 Å². The molecule has 32 heavy (non-hydrogen) atoms. The fraction of sp³-hybridized carbons (Fsp3) is 0.125. The molecule has 162 valence electrons. The molecule has 3 aromatic carbocycles. The highest BCUT2D eigenvalue weighted by atomic mass is 35.5. The van der Waals surface area contributed by atoms with Crippen molar-refractivity contribution >= 4 is 28.6 Å². The molecule has 8 heteroatoms. The number of ketones is 1. The molecule has 1 heterocycles. The average Bonchev–Trinajstić information content (AvgIpc) is 3.27. The molecule has 0 aliphatic carbocycles. The first-order chi connectivity index (χ1) is 15.5. The molecule has 0 saturated carbocycles. The van der Waals surface area contributed by atoms with Crippen molar-refractivity contribution in [3.05, 3.63) is 94.8 Å². The largest absolute Gasteiger partial charge is 0.611 e. The van der Waals surface area contributed by atoms with Crippen molar-refractivity contribution in [2.24, 2.45) is 0 Å². The number of hydrogen-bond acceptors (Lipinski definition) is 5. The monoisotopic (exact) mass is 465 g/mol. The molecule has 4 aromatic rings. The first-order valence-corrected chi connectivity index (χ1v) is 11.7. The summed E-state index contributed by atoms with van der Waals surface area (Å²) >= 11 is 5.05. The van der Waals surface area contributed by atoms with Gasteiger partial charge in [0.05, 0.1) is 10.7 Å². The normalized spacial score (nSPS) is 12.0. The quantitative estimate of drug-likeness (QED) is 0.322. The molecule has 1 N–H and O–H groups in total. The summed E-state index contributed by atoms with van der Waals surface area (Å²) in [4.78, 5) is 14.1. The first kappa shape index (κ1) is 22.2. The van der Waals surface area contributed by atoms with Gasteiger partial charge in [0.1, 0.15) is 12.4 Å². The van der Waals surface area contributed by atoms with Gasteiger partial charge in [-0.25, -0.2) is 0 Å². The Morgan fingerprint density at radius 1 is 1.03 bits per heavy atom. The van der Waals surface area contributed by atoms with Crippen LogP contribution in [0.5, 0.6) is 0 Å². The number of aromatic nitrogens is 3. The van der Waals surface area contributed by atoms with Crippen LogP contribution >= 0.6 is 11.6 Å². The Balaban J connectivity index is 1.98. The lowest BCUT2D eigenvalue weighted by Gasteiger charge is -2.17. The van der Waals surface area contributed by atoms with Crippen LogP contribution in [0.4, 0.5) is 0 Å². The second-order valence-corrected chi connectivity index (χ2v) is 9.07. The van der Waals surface area contributed by atoms with Gasteiger partial charge >= 0.3 is 0 Å². The highest BCUT2D eigenvalue weighted by Gasteiger charge is 2.24. The third kappa shape index (κ3) is 4.20. The van der Waals surface area contributed by atoms with Gasteiger partial charge in [-0.05, 0) is 42.4 Å². The molecule has 0 aliphatic rings. The number of benzene rings is 3.